The van der Waals surface area contributed by atoms with Crippen LogP contribution in [-0.2, 0) is 0 Å². The summed E-state index contributed by atoms with van der Waals surface area (Å²) < 4.78 is 0. The minimum atomic E-state index is 0.232. The van der Waals surface area contributed by atoms with E-state index < -0.39 is 0 Å². The average Bonchev–Trinajstić information content (AvgIpc) is 2.74. The van der Waals surface area contributed by atoms with Gasteiger partial charge in [0.2, 0.25) is 0 Å². The first kappa shape index (κ1) is 14.9. The second kappa shape index (κ2) is 6.72. The van der Waals surface area contributed by atoms with Gasteiger partial charge in [-0.25, -0.2) is 0 Å². The molecule has 0 saturated carbocycles. The van der Waals surface area contributed by atoms with E-state index in [0.29, 0.717) is 6.04 Å². The van der Waals surface area contributed by atoms with E-state index in [1.165, 1.54) is 39.0 Å². The van der Waals surface area contributed by atoms with Gasteiger partial charge < -0.3 is 15.5 Å². The maximum absolute atomic E-state index is 6.18. The van der Waals surface area contributed by atoms with E-state index in [2.05, 4.69) is 37.6 Å². The predicted molar refractivity (Wildman–Crippen MR) is 75.2 cm³/mol. The van der Waals surface area contributed by atoms with Crippen LogP contribution in [0.15, 0.2) is 0 Å². The lowest BCUT2D eigenvalue weighted by molar-refractivity contribution is 0.228. The van der Waals surface area contributed by atoms with Gasteiger partial charge in [-0.15, -0.1) is 0 Å². The highest BCUT2D eigenvalue weighted by molar-refractivity contribution is 4.78. The van der Waals surface area contributed by atoms with Crippen molar-refractivity contribution in [3.63, 3.8) is 0 Å². The summed E-state index contributed by atoms with van der Waals surface area (Å²) in [5, 5.41) is 0. The molecule has 0 spiro atoms. The van der Waals surface area contributed by atoms with E-state index in [4.69, 9.17) is 5.73 Å². The molecule has 1 atom stereocenters. The molecular weight excluding hydrogens is 210 g/mol. The molecule has 0 aromatic carbocycles. The van der Waals surface area contributed by atoms with Crippen LogP contribution in [0.5, 0.6) is 0 Å². The number of nitrogens with two attached hydrogens (primary N) is 1. The van der Waals surface area contributed by atoms with Gasteiger partial charge in [0.05, 0.1) is 0 Å². The van der Waals surface area contributed by atoms with Crippen molar-refractivity contribution in [2.45, 2.75) is 46.1 Å². The van der Waals surface area contributed by atoms with E-state index in [9.17, 15) is 0 Å². The van der Waals surface area contributed by atoms with Crippen molar-refractivity contribution in [3.05, 3.63) is 0 Å². The van der Waals surface area contributed by atoms with Crippen LogP contribution < -0.4 is 5.73 Å². The third-order valence-electron chi connectivity index (χ3n) is 3.93. The number of rotatable bonds is 6. The van der Waals surface area contributed by atoms with Gasteiger partial charge in [0, 0.05) is 19.1 Å². The number of likely N-dealkylation sites (tertiary alicyclic amines) is 1. The quantitative estimate of drug-likeness (QED) is 0.769. The Hall–Kier alpha value is -0.120. The van der Waals surface area contributed by atoms with Crippen LogP contribution in [0.4, 0.5) is 0 Å². The van der Waals surface area contributed by atoms with Crippen molar-refractivity contribution in [2.24, 2.45) is 11.1 Å². The molecule has 0 bridgehead atoms. The van der Waals surface area contributed by atoms with Crippen molar-refractivity contribution in [1.29, 1.82) is 0 Å². The minimum Gasteiger partial charge on any atom is -0.327 e. The molecule has 2 N–H and O–H groups in total. The third kappa shape index (κ3) is 5.84. The van der Waals surface area contributed by atoms with Crippen molar-refractivity contribution in [2.75, 3.05) is 39.8 Å². The van der Waals surface area contributed by atoms with Crippen LogP contribution in [0.2, 0.25) is 0 Å². The van der Waals surface area contributed by atoms with Gasteiger partial charge in [-0.2, -0.15) is 0 Å². The van der Waals surface area contributed by atoms with Gasteiger partial charge in [-0.05, 0) is 51.4 Å². The smallest absolute Gasteiger partial charge is 0.0109 e. The summed E-state index contributed by atoms with van der Waals surface area (Å²) in [7, 11) is 2.21. The van der Waals surface area contributed by atoms with Crippen LogP contribution >= 0.6 is 0 Å². The fourth-order valence-corrected chi connectivity index (χ4v) is 2.22. The molecule has 1 rings (SSSR count). The third-order valence-corrected chi connectivity index (χ3v) is 3.93. The lowest BCUT2D eigenvalue weighted by Crippen LogP contribution is -2.39. The summed E-state index contributed by atoms with van der Waals surface area (Å²) in [5.74, 6) is 0. The first-order valence-corrected chi connectivity index (χ1v) is 7.06. The Labute approximate surface area is 107 Å². The second-order valence-corrected chi connectivity index (χ2v) is 6.61. The van der Waals surface area contributed by atoms with E-state index in [0.717, 1.165) is 13.0 Å². The molecule has 3 nitrogen and oxygen atoms in total. The molecule has 1 aliphatic heterocycles. The number of likely N-dealkylation sites (N-methyl/N-ethyl adjacent to an activating group) is 1. The molecule has 0 radical (unpaired) electrons. The highest BCUT2D eigenvalue weighted by Crippen LogP contribution is 2.19. The molecule has 102 valence electrons. The van der Waals surface area contributed by atoms with E-state index in [-0.39, 0.29) is 5.41 Å². The van der Waals surface area contributed by atoms with Crippen molar-refractivity contribution in [1.82, 2.24) is 9.80 Å². The molecule has 1 unspecified atom stereocenters. The average molecular weight is 241 g/mol. The Balaban J connectivity index is 2.10. The second-order valence-electron chi connectivity index (χ2n) is 6.61. The monoisotopic (exact) mass is 241 g/mol. The molecule has 0 aliphatic carbocycles. The molecule has 1 aliphatic rings. The Kier molecular flexibility index (Phi) is 5.90. The van der Waals surface area contributed by atoms with Crippen LogP contribution in [0, 0.1) is 5.41 Å². The van der Waals surface area contributed by atoms with Gasteiger partial charge in [-0.3, -0.25) is 0 Å². The summed E-state index contributed by atoms with van der Waals surface area (Å²) in [6.07, 6.45) is 3.87. The zero-order valence-electron chi connectivity index (χ0n) is 12.2. The largest absolute Gasteiger partial charge is 0.327 e. The molecule has 1 saturated heterocycles. The predicted octanol–water partition coefficient (Wildman–Crippen LogP) is 1.78. The molecule has 0 aromatic rings. The normalized spacial score (nSPS) is 20.1. The first-order chi connectivity index (χ1) is 7.89. The molecule has 3 heteroatoms. The van der Waals surface area contributed by atoms with Crippen LogP contribution in [-0.4, -0.2) is 55.6 Å². The van der Waals surface area contributed by atoms with Crippen LogP contribution in [0.1, 0.15) is 40.0 Å². The zero-order valence-corrected chi connectivity index (χ0v) is 12.2. The number of hydrogen-bond acceptors (Lipinski definition) is 3. The molecule has 17 heavy (non-hydrogen) atoms. The lowest BCUT2D eigenvalue weighted by Gasteiger charge is -2.29. The number of nitrogens with zero attached hydrogens (tertiary/aromatic N) is 2. The fraction of sp³-hybridized carbons (Fsp3) is 1.00. The van der Waals surface area contributed by atoms with Crippen molar-refractivity contribution in [3.8, 4) is 0 Å². The van der Waals surface area contributed by atoms with Gasteiger partial charge in [0.1, 0.15) is 0 Å². The summed E-state index contributed by atoms with van der Waals surface area (Å²) in [6.45, 7) is 12.8. The van der Waals surface area contributed by atoms with Gasteiger partial charge >= 0.3 is 0 Å². The minimum absolute atomic E-state index is 0.232. The maximum atomic E-state index is 6.18. The zero-order chi connectivity index (χ0) is 12.9. The van der Waals surface area contributed by atoms with E-state index in [1.54, 1.807) is 0 Å². The number of hydrogen-bond donors (Lipinski definition) is 1. The van der Waals surface area contributed by atoms with Gasteiger partial charge in [-0.1, -0.05) is 20.8 Å². The van der Waals surface area contributed by atoms with Crippen LogP contribution in [0.3, 0.4) is 0 Å². The van der Waals surface area contributed by atoms with Gasteiger partial charge in [0.25, 0.3) is 0 Å². The Morgan fingerprint density at radius 2 is 1.76 bits per heavy atom. The molecule has 0 aromatic heterocycles. The molecule has 1 fully saturated rings. The molecule has 1 heterocycles. The standard InChI is InChI=1S/C14H31N3/c1-14(2,3)13(15)7-10-16(4)11-12-17-8-5-6-9-17/h13H,5-12,15H2,1-4H3. The summed E-state index contributed by atoms with van der Waals surface area (Å²) >= 11 is 0. The van der Waals surface area contributed by atoms with E-state index in [1.807, 2.05) is 0 Å². The van der Waals surface area contributed by atoms with Crippen molar-refractivity contribution >= 4 is 0 Å². The van der Waals surface area contributed by atoms with E-state index >= 15 is 0 Å². The summed E-state index contributed by atoms with van der Waals surface area (Å²) in [5.41, 5.74) is 6.41. The first-order valence-electron chi connectivity index (χ1n) is 7.06. The Morgan fingerprint density at radius 1 is 1.18 bits per heavy atom. The lowest BCUT2D eigenvalue weighted by atomic mass is 9.85. The van der Waals surface area contributed by atoms with Crippen molar-refractivity contribution < 1.29 is 0 Å². The molecular formula is C14H31N3. The van der Waals surface area contributed by atoms with Gasteiger partial charge in [0.15, 0.2) is 0 Å². The summed E-state index contributed by atoms with van der Waals surface area (Å²) in [6, 6.07) is 0.303. The van der Waals surface area contributed by atoms with Crippen LogP contribution in [0.25, 0.3) is 0 Å². The topological polar surface area (TPSA) is 32.5 Å². The Morgan fingerprint density at radius 3 is 2.29 bits per heavy atom. The highest BCUT2D eigenvalue weighted by atomic mass is 15.2. The highest BCUT2D eigenvalue weighted by Gasteiger charge is 2.20. The maximum Gasteiger partial charge on any atom is 0.0109 e. The summed E-state index contributed by atoms with van der Waals surface area (Å²) in [4.78, 5) is 4.99. The fourth-order valence-electron chi connectivity index (χ4n) is 2.22. The Bertz CT molecular complexity index is 204. The molecule has 0 amide bonds. The SMILES string of the molecule is CN(CCC(N)C(C)(C)C)CCN1CCCC1.